The van der Waals surface area contributed by atoms with Gasteiger partial charge in [0.25, 0.3) is 0 Å². The summed E-state index contributed by atoms with van der Waals surface area (Å²) in [6, 6.07) is 5.77. The second-order valence-electron chi connectivity index (χ2n) is 11.4. The summed E-state index contributed by atoms with van der Waals surface area (Å²) in [7, 11) is 0. The Hall–Kier alpha value is -4.00. The molecule has 0 saturated carbocycles. The third-order valence-electron chi connectivity index (χ3n) is 6.70. The number of halogens is 1. The van der Waals surface area contributed by atoms with E-state index in [1.54, 1.807) is 6.07 Å². The van der Waals surface area contributed by atoms with E-state index in [0.29, 0.717) is 12.8 Å². The number of hydrogen-bond donors (Lipinski definition) is 3. The maximum Gasteiger partial charge on any atom is 0.323 e. The van der Waals surface area contributed by atoms with Gasteiger partial charge < -0.3 is 35.7 Å². The van der Waals surface area contributed by atoms with Crippen LogP contribution in [0.4, 0.5) is 5.69 Å². The molecule has 5 N–H and O–H groups in total. The number of nitrogens with two attached hydrogens (primary N) is 2. The van der Waals surface area contributed by atoms with Gasteiger partial charge in [-0.25, -0.2) is 0 Å². The molecule has 3 rings (SSSR count). The van der Waals surface area contributed by atoms with Gasteiger partial charge in [-0.3, -0.25) is 24.0 Å². The predicted molar refractivity (Wildman–Crippen MR) is 167 cm³/mol. The summed E-state index contributed by atoms with van der Waals surface area (Å²) < 4.78 is 22.0. The molecule has 0 bridgehead atoms. The number of hydrogen-bond acceptors (Lipinski definition) is 11. The van der Waals surface area contributed by atoms with Crippen molar-refractivity contribution in [3.8, 4) is 11.5 Å². The van der Waals surface area contributed by atoms with E-state index in [0.717, 1.165) is 0 Å². The van der Waals surface area contributed by atoms with Crippen LogP contribution in [0.1, 0.15) is 72.4 Å². The largest absolute Gasteiger partial charge is 0.489 e. The fraction of sp³-hybridized carbons (Fsp3) is 0.469. The molecule has 12 nitrogen and oxygen atoms in total. The van der Waals surface area contributed by atoms with Gasteiger partial charge in [0.2, 0.25) is 11.7 Å². The Morgan fingerprint density at radius 2 is 1.29 bits per heavy atom. The molecule has 1 aliphatic carbocycles. The first kappa shape index (κ1) is 35.5. The topological polar surface area (TPSA) is 186 Å². The fourth-order valence-electron chi connectivity index (χ4n) is 4.76. The van der Waals surface area contributed by atoms with Crippen molar-refractivity contribution < 1.29 is 42.9 Å². The summed E-state index contributed by atoms with van der Waals surface area (Å²) in [6.45, 7) is 7.19. The average Bonchev–Trinajstić information content (AvgIpc) is 2.98. The number of carbonyl (C=O) groups is 5. The lowest BCUT2D eigenvalue weighted by Gasteiger charge is -2.23. The van der Waals surface area contributed by atoms with Crippen molar-refractivity contribution in [1.82, 2.24) is 0 Å². The van der Waals surface area contributed by atoms with Gasteiger partial charge in [0.1, 0.15) is 55.9 Å². The van der Waals surface area contributed by atoms with Crippen molar-refractivity contribution in [2.45, 2.75) is 52.6 Å². The summed E-state index contributed by atoms with van der Waals surface area (Å²) in [6.07, 6.45) is 0.918. The van der Waals surface area contributed by atoms with E-state index in [4.69, 9.17) is 42.0 Å². The van der Waals surface area contributed by atoms with Gasteiger partial charge >= 0.3 is 11.9 Å². The standard InChI is InChI=1S/C32H40ClN3O9/c1-17(2)12-22(34)31(40)44-10-8-42-24-7-5-6-20-27(24)30(39)28-21(29(20)38)14-19(36-26(37)16-33)15-25(28)43-9-11-45-32(41)23(35)13-18(3)4/h5-7,14-15,17-18,22-23H,8-13,16,34-35H2,1-4H3,(H,36,37)/t22-,23-/m0/s1. The second kappa shape index (κ2) is 16.4. The summed E-state index contributed by atoms with van der Waals surface area (Å²) >= 11 is 5.64. The van der Waals surface area contributed by atoms with Gasteiger partial charge in [-0.15, -0.1) is 11.6 Å². The molecule has 0 fully saturated rings. The number of nitrogens with one attached hydrogen (secondary N) is 1. The first-order valence-electron chi connectivity index (χ1n) is 14.7. The minimum atomic E-state index is -0.790. The Labute approximate surface area is 267 Å². The molecular formula is C32H40ClN3O9. The molecule has 0 unspecified atom stereocenters. The molecule has 0 aromatic heterocycles. The molecule has 45 heavy (non-hydrogen) atoms. The van der Waals surface area contributed by atoms with Crippen LogP contribution in [0.2, 0.25) is 0 Å². The summed E-state index contributed by atoms with van der Waals surface area (Å²) in [5.74, 6) is -2.59. The van der Waals surface area contributed by atoms with E-state index in [2.05, 4.69) is 5.32 Å². The minimum Gasteiger partial charge on any atom is -0.489 e. The number of fused-ring (bicyclic) bond motifs is 2. The number of benzene rings is 2. The second-order valence-corrected chi connectivity index (χ2v) is 11.7. The first-order chi connectivity index (χ1) is 21.3. The summed E-state index contributed by atoms with van der Waals surface area (Å²) in [5.41, 5.74) is 11.9. The lowest BCUT2D eigenvalue weighted by molar-refractivity contribution is -0.147. The quantitative estimate of drug-likeness (QED) is 0.118. The van der Waals surface area contributed by atoms with Crippen LogP contribution in [0.25, 0.3) is 0 Å². The normalized spacial score (nSPS) is 13.5. The fourth-order valence-corrected chi connectivity index (χ4v) is 4.83. The van der Waals surface area contributed by atoms with Gasteiger partial charge in [0.05, 0.1) is 11.1 Å². The summed E-state index contributed by atoms with van der Waals surface area (Å²) in [4.78, 5) is 64.0. The van der Waals surface area contributed by atoms with E-state index in [1.165, 1.54) is 24.3 Å². The third-order valence-corrected chi connectivity index (χ3v) is 6.95. The molecule has 2 aromatic rings. The number of ether oxygens (including phenoxy) is 4. The van der Waals surface area contributed by atoms with E-state index >= 15 is 0 Å². The number of esters is 2. The smallest absolute Gasteiger partial charge is 0.323 e. The summed E-state index contributed by atoms with van der Waals surface area (Å²) in [5, 5.41) is 2.56. The number of amides is 1. The molecule has 13 heteroatoms. The van der Waals surface area contributed by atoms with Crippen LogP contribution in [0.15, 0.2) is 30.3 Å². The molecule has 0 saturated heterocycles. The van der Waals surface area contributed by atoms with Crippen molar-refractivity contribution >= 4 is 46.7 Å². The highest BCUT2D eigenvalue weighted by molar-refractivity contribution is 6.31. The third kappa shape index (κ3) is 9.49. The molecule has 1 aliphatic rings. The SMILES string of the molecule is CC(C)C[C@H](N)C(=O)OCCOc1cccc2c1C(=O)c1c(OCCOC(=O)[C@@H](N)CC(C)C)cc(NC(=O)CCl)cc1C2=O. The van der Waals surface area contributed by atoms with Gasteiger partial charge in [-0.05, 0) is 36.8 Å². The number of rotatable bonds is 16. The van der Waals surface area contributed by atoms with E-state index < -0.39 is 41.5 Å². The van der Waals surface area contributed by atoms with Crippen LogP contribution in [0.3, 0.4) is 0 Å². The van der Waals surface area contributed by atoms with Crippen LogP contribution in [-0.2, 0) is 23.9 Å². The van der Waals surface area contributed by atoms with Gasteiger partial charge in [-0.1, -0.05) is 39.8 Å². The van der Waals surface area contributed by atoms with Crippen LogP contribution in [0.5, 0.6) is 11.5 Å². The van der Waals surface area contributed by atoms with Crippen LogP contribution in [-0.4, -0.2) is 73.8 Å². The van der Waals surface area contributed by atoms with E-state index in [9.17, 15) is 24.0 Å². The highest BCUT2D eigenvalue weighted by Gasteiger charge is 2.36. The van der Waals surface area contributed by atoms with Crippen LogP contribution >= 0.6 is 11.6 Å². The minimum absolute atomic E-state index is 0.00366. The van der Waals surface area contributed by atoms with Crippen molar-refractivity contribution in [2.75, 3.05) is 37.6 Å². The average molecular weight is 646 g/mol. The van der Waals surface area contributed by atoms with Crippen LogP contribution in [0, 0.1) is 11.8 Å². The molecule has 0 heterocycles. The monoisotopic (exact) mass is 645 g/mol. The molecule has 0 spiro atoms. The number of carbonyl (C=O) groups excluding carboxylic acids is 5. The Morgan fingerprint density at radius 3 is 1.82 bits per heavy atom. The molecule has 2 atom stereocenters. The molecule has 2 aromatic carbocycles. The Morgan fingerprint density at radius 1 is 0.756 bits per heavy atom. The van der Waals surface area contributed by atoms with Crippen molar-refractivity contribution in [3.63, 3.8) is 0 Å². The Bertz CT molecular complexity index is 1430. The predicted octanol–water partition coefficient (Wildman–Crippen LogP) is 3.23. The zero-order chi connectivity index (χ0) is 33.3. The Kier molecular flexibility index (Phi) is 12.9. The number of ketones is 2. The highest BCUT2D eigenvalue weighted by atomic mass is 35.5. The molecule has 244 valence electrons. The maximum absolute atomic E-state index is 13.9. The number of alkyl halides is 1. The first-order valence-corrected chi connectivity index (χ1v) is 15.2. The van der Waals surface area contributed by atoms with Crippen LogP contribution < -0.4 is 26.3 Å². The van der Waals surface area contributed by atoms with Crippen molar-refractivity contribution in [2.24, 2.45) is 23.3 Å². The molecule has 1 amide bonds. The number of anilines is 1. The molecular weight excluding hydrogens is 606 g/mol. The zero-order valence-electron chi connectivity index (χ0n) is 25.9. The molecule has 0 radical (unpaired) electrons. The Balaban J connectivity index is 1.82. The molecule has 0 aliphatic heterocycles. The van der Waals surface area contributed by atoms with Gasteiger partial charge in [0, 0.05) is 22.9 Å². The lowest BCUT2D eigenvalue weighted by atomic mass is 9.82. The van der Waals surface area contributed by atoms with Gasteiger partial charge in [0.15, 0.2) is 5.78 Å². The zero-order valence-corrected chi connectivity index (χ0v) is 26.6. The van der Waals surface area contributed by atoms with Gasteiger partial charge in [-0.2, -0.15) is 0 Å². The van der Waals surface area contributed by atoms with Crippen molar-refractivity contribution in [3.05, 3.63) is 52.6 Å². The maximum atomic E-state index is 13.9. The lowest BCUT2D eigenvalue weighted by Crippen LogP contribution is -2.34. The van der Waals surface area contributed by atoms with E-state index in [-0.39, 0.29) is 83.6 Å². The van der Waals surface area contributed by atoms with Crippen molar-refractivity contribution in [1.29, 1.82) is 0 Å². The highest BCUT2D eigenvalue weighted by Crippen LogP contribution is 2.39. The van der Waals surface area contributed by atoms with E-state index in [1.807, 2.05) is 27.7 Å².